The van der Waals surface area contributed by atoms with Gasteiger partial charge in [-0.1, -0.05) is 47.5 Å². The van der Waals surface area contributed by atoms with Crippen molar-refractivity contribution in [1.29, 1.82) is 0 Å². The third-order valence-corrected chi connectivity index (χ3v) is 3.35. The van der Waals surface area contributed by atoms with Gasteiger partial charge in [0.2, 0.25) is 0 Å². The summed E-state index contributed by atoms with van der Waals surface area (Å²) in [4.78, 5) is 12.6. The lowest BCUT2D eigenvalue weighted by Gasteiger charge is -2.35. The summed E-state index contributed by atoms with van der Waals surface area (Å²) in [6.07, 6.45) is 0.864. The van der Waals surface area contributed by atoms with Crippen LogP contribution in [0.4, 0.5) is 0 Å². The molecule has 1 unspecified atom stereocenters. The molecule has 1 atom stereocenters. The largest absolute Gasteiger partial charge is 0.333 e. The van der Waals surface area contributed by atoms with Gasteiger partial charge in [-0.25, -0.2) is 0 Å². The van der Waals surface area contributed by atoms with Crippen molar-refractivity contribution in [1.82, 2.24) is 4.90 Å². The van der Waals surface area contributed by atoms with Crippen LogP contribution in [-0.2, 0) is 17.8 Å². The lowest BCUT2D eigenvalue weighted by atomic mass is 9.95. The molecule has 1 aliphatic rings. The number of nitrogens with zero attached hydrogens (tertiary/aromatic N) is 1. The molecule has 0 fully saturated rings. The predicted octanol–water partition coefficient (Wildman–Crippen LogP) is 2.76. The highest BCUT2D eigenvalue weighted by Crippen LogP contribution is 2.24. The van der Waals surface area contributed by atoms with Crippen LogP contribution in [0.3, 0.4) is 0 Å². The number of carbonyl (C=O) groups excluding carboxylic acids is 1. The molecule has 0 aromatic heterocycles. The molecule has 1 aliphatic heterocycles. The zero-order valence-corrected chi connectivity index (χ0v) is 10.5. The second kappa shape index (κ2) is 4.64. The van der Waals surface area contributed by atoms with Crippen LogP contribution >= 0.6 is 23.2 Å². The van der Waals surface area contributed by atoms with Gasteiger partial charge >= 0.3 is 0 Å². The molecule has 0 spiro atoms. The molecule has 0 saturated heterocycles. The highest BCUT2D eigenvalue weighted by molar-refractivity contribution is 6.53. The minimum atomic E-state index is -0.965. The average molecular weight is 258 g/mol. The summed E-state index contributed by atoms with van der Waals surface area (Å²) >= 11 is 11.3. The molecule has 2 nitrogen and oxygen atoms in total. The Labute approximate surface area is 105 Å². The molecule has 16 heavy (non-hydrogen) atoms. The van der Waals surface area contributed by atoms with Crippen molar-refractivity contribution in [3.8, 4) is 0 Å². The van der Waals surface area contributed by atoms with Gasteiger partial charge in [0, 0.05) is 12.6 Å². The van der Waals surface area contributed by atoms with Crippen LogP contribution in [0.25, 0.3) is 0 Å². The molecule has 4 heteroatoms. The second-order valence-electron chi connectivity index (χ2n) is 4.09. The van der Waals surface area contributed by atoms with Gasteiger partial charge in [0.1, 0.15) is 0 Å². The summed E-state index contributed by atoms with van der Waals surface area (Å²) in [5, 5.41) is 0. The highest BCUT2D eigenvalue weighted by atomic mass is 35.5. The Balaban J connectivity index is 2.24. The maximum absolute atomic E-state index is 11.8. The maximum Gasteiger partial charge on any atom is 0.256 e. The predicted molar refractivity (Wildman–Crippen MR) is 65.7 cm³/mol. The van der Waals surface area contributed by atoms with E-state index in [9.17, 15) is 4.79 Å². The van der Waals surface area contributed by atoms with Crippen LogP contribution in [-0.4, -0.2) is 21.7 Å². The fourth-order valence-electron chi connectivity index (χ4n) is 2.10. The third-order valence-electron chi connectivity index (χ3n) is 2.98. The molecule has 0 bridgehead atoms. The third kappa shape index (κ3) is 2.18. The van der Waals surface area contributed by atoms with Gasteiger partial charge in [-0.05, 0) is 24.5 Å². The highest BCUT2D eigenvalue weighted by Gasteiger charge is 2.29. The summed E-state index contributed by atoms with van der Waals surface area (Å²) < 4.78 is 0. The summed E-state index contributed by atoms with van der Waals surface area (Å²) in [7, 11) is 0. The van der Waals surface area contributed by atoms with Gasteiger partial charge in [-0.3, -0.25) is 4.79 Å². The Morgan fingerprint density at radius 3 is 2.62 bits per heavy atom. The minimum Gasteiger partial charge on any atom is -0.333 e. The first kappa shape index (κ1) is 11.7. The molecule has 86 valence electrons. The molecule has 0 saturated carbocycles. The quantitative estimate of drug-likeness (QED) is 0.709. The molecular formula is C12H13Cl2NO. The number of carbonyl (C=O) groups is 1. The van der Waals surface area contributed by atoms with E-state index < -0.39 is 4.84 Å². The van der Waals surface area contributed by atoms with E-state index in [0.29, 0.717) is 6.54 Å². The second-order valence-corrected chi connectivity index (χ2v) is 5.18. The summed E-state index contributed by atoms with van der Waals surface area (Å²) in [6, 6.07) is 8.30. The number of halogens is 2. The lowest BCUT2D eigenvalue weighted by molar-refractivity contribution is -0.132. The van der Waals surface area contributed by atoms with Crippen molar-refractivity contribution in [3.05, 3.63) is 35.4 Å². The average Bonchev–Trinajstić information content (AvgIpc) is 2.27. The minimum absolute atomic E-state index is 0.155. The van der Waals surface area contributed by atoms with Crippen molar-refractivity contribution >= 4 is 29.1 Å². The van der Waals surface area contributed by atoms with Crippen molar-refractivity contribution in [2.75, 3.05) is 0 Å². The molecule has 0 N–H and O–H groups in total. The van der Waals surface area contributed by atoms with Crippen LogP contribution in [0.5, 0.6) is 0 Å². The molecule has 0 aliphatic carbocycles. The number of fused-ring (bicyclic) bond motifs is 1. The van der Waals surface area contributed by atoms with Crippen LogP contribution in [0.1, 0.15) is 18.1 Å². The maximum atomic E-state index is 11.8. The van der Waals surface area contributed by atoms with E-state index >= 15 is 0 Å². The molecule has 0 radical (unpaired) electrons. The monoisotopic (exact) mass is 257 g/mol. The Morgan fingerprint density at radius 2 is 2.00 bits per heavy atom. The number of benzene rings is 1. The van der Waals surface area contributed by atoms with E-state index in [-0.39, 0.29) is 11.9 Å². The van der Waals surface area contributed by atoms with Crippen molar-refractivity contribution in [2.45, 2.75) is 30.8 Å². The zero-order chi connectivity index (χ0) is 11.7. The standard InChI is InChI=1S/C12H13Cl2NO/c1-8-6-9-4-2-3-5-10(9)7-15(8)12(16)11(13)14/h2-5,8,11H,6-7H2,1H3. The number of amides is 1. The van der Waals surface area contributed by atoms with E-state index in [0.717, 1.165) is 6.42 Å². The Kier molecular flexibility index (Phi) is 3.41. The van der Waals surface area contributed by atoms with Crippen LogP contribution in [0.15, 0.2) is 24.3 Å². The molecule has 1 aromatic carbocycles. The Bertz CT molecular complexity index is 406. The van der Waals surface area contributed by atoms with Crippen molar-refractivity contribution in [3.63, 3.8) is 0 Å². The SMILES string of the molecule is CC1Cc2ccccc2CN1C(=O)C(Cl)Cl. The van der Waals surface area contributed by atoms with E-state index in [2.05, 4.69) is 6.07 Å². The fourth-order valence-corrected chi connectivity index (χ4v) is 2.35. The van der Waals surface area contributed by atoms with Gasteiger partial charge in [-0.15, -0.1) is 0 Å². The zero-order valence-electron chi connectivity index (χ0n) is 8.99. The molecule has 1 heterocycles. The number of rotatable bonds is 1. The van der Waals surface area contributed by atoms with Gasteiger partial charge < -0.3 is 4.90 Å². The van der Waals surface area contributed by atoms with Crippen LogP contribution in [0, 0.1) is 0 Å². The first-order valence-electron chi connectivity index (χ1n) is 5.25. The smallest absolute Gasteiger partial charge is 0.256 e. The van der Waals surface area contributed by atoms with E-state index in [1.807, 2.05) is 25.1 Å². The molecule has 2 rings (SSSR count). The van der Waals surface area contributed by atoms with Crippen molar-refractivity contribution < 1.29 is 4.79 Å². The van der Waals surface area contributed by atoms with Crippen LogP contribution in [0.2, 0.25) is 0 Å². The molecular weight excluding hydrogens is 245 g/mol. The number of hydrogen-bond donors (Lipinski definition) is 0. The van der Waals surface area contributed by atoms with Crippen molar-refractivity contribution in [2.24, 2.45) is 0 Å². The summed E-state index contributed by atoms with van der Waals surface area (Å²) in [6.45, 7) is 2.62. The fraction of sp³-hybridized carbons (Fsp3) is 0.417. The van der Waals surface area contributed by atoms with Gasteiger partial charge in [-0.2, -0.15) is 0 Å². The Morgan fingerprint density at radius 1 is 1.38 bits per heavy atom. The van der Waals surface area contributed by atoms with E-state index in [1.54, 1.807) is 4.90 Å². The molecule has 1 aromatic rings. The first-order valence-corrected chi connectivity index (χ1v) is 6.12. The lowest BCUT2D eigenvalue weighted by Crippen LogP contribution is -2.44. The first-order chi connectivity index (χ1) is 7.59. The topological polar surface area (TPSA) is 20.3 Å². The summed E-state index contributed by atoms with van der Waals surface area (Å²) in [5.74, 6) is -0.203. The van der Waals surface area contributed by atoms with E-state index in [4.69, 9.17) is 23.2 Å². The Hall–Kier alpha value is -0.730. The van der Waals surface area contributed by atoms with Gasteiger partial charge in [0.15, 0.2) is 4.84 Å². The van der Waals surface area contributed by atoms with E-state index in [1.165, 1.54) is 11.1 Å². The number of hydrogen-bond acceptors (Lipinski definition) is 1. The van der Waals surface area contributed by atoms with Crippen LogP contribution < -0.4 is 0 Å². The van der Waals surface area contributed by atoms with Gasteiger partial charge in [0.25, 0.3) is 5.91 Å². The van der Waals surface area contributed by atoms with Gasteiger partial charge in [0.05, 0.1) is 0 Å². The molecule has 1 amide bonds. The summed E-state index contributed by atoms with van der Waals surface area (Å²) in [5.41, 5.74) is 2.49. The normalized spacial score (nSPS) is 19.8. The number of alkyl halides is 2.